The average Bonchev–Trinajstić information content (AvgIpc) is 3.06. The first-order chi connectivity index (χ1) is 11.6. The first kappa shape index (κ1) is 23.6. The molecule has 1 aromatic rings. The molecule has 0 atom stereocenters. The molecule has 1 fully saturated rings. The van der Waals surface area contributed by atoms with E-state index >= 15 is 0 Å². The number of hydrogen-bond acceptors (Lipinski definition) is 3. The monoisotopic (exact) mass is 517 g/mol. The van der Waals surface area contributed by atoms with Gasteiger partial charge >= 0.3 is 0 Å². The van der Waals surface area contributed by atoms with E-state index in [4.69, 9.17) is 0 Å². The Balaban J connectivity index is 0.000000362. The summed E-state index contributed by atoms with van der Waals surface area (Å²) in [6, 6.07) is 8.02. The van der Waals surface area contributed by atoms with Crippen molar-refractivity contribution in [2.75, 3.05) is 25.6 Å². The molecule has 1 aliphatic heterocycles. The topological polar surface area (TPSA) is 60.7 Å². The van der Waals surface area contributed by atoms with E-state index in [2.05, 4.69) is 23.0 Å². The first-order valence-electron chi connectivity index (χ1n) is 8.60. The molecule has 25 heavy (non-hydrogen) atoms. The zero-order valence-corrected chi connectivity index (χ0v) is 18.4. The van der Waals surface area contributed by atoms with Crippen LogP contribution in [0.15, 0.2) is 24.3 Å². The number of fused-ring (bicyclic) bond motifs is 1. The fraction of sp³-hybridized carbons (Fsp3) is 0.579. The normalized spacial score (nSPS) is 15.2. The third-order valence-electron chi connectivity index (χ3n) is 4.30. The van der Waals surface area contributed by atoms with Crippen molar-refractivity contribution in [2.45, 2.75) is 45.4 Å². The van der Waals surface area contributed by atoms with Gasteiger partial charge in [-0.2, -0.15) is 0 Å². The molecule has 1 aliphatic carbocycles. The minimum atomic E-state index is -0.532. The number of methoxy groups -OCH3 is 1. The van der Waals surface area contributed by atoms with E-state index in [1.807, 2.05) is 18.2 Å². The van der Waals surface area contributed by atoms with Crippen molar-refractivity contribution in [1.29, 1.82) is 0 Å². The van der Waals surface area contributed by atoms with Crippen molar-refractivity contribution >= 4 is 18.2 Å². The van der Waals surface area contributed by atoms with Crippen LogP contribution in [0.2, 0.25) is 0 Å². The maximum Gasteiger partial charge on any atom is 0.228 e. The van der Waals surface area contributed by atoms with E-state index in [9.17, 15) is 9.59 Å². The summed E-state index contributed by atoms with van der Waals surface area (Å²) in [7, 11) is 2.67. The maximum atomic E-state index is 10.5. The molecule has 0 saturated heterocycles. The zero-order valence-electron chi connectivity index (χ0n) is 15.4. The van der Waals surface area contributed by atoms with E-state index in [1.54, 1.807) is 4.90 Å². The number of carbonyl (C=O) groups excluding carboxylic acids is 2. The molecule has 2 amide bonds. The van der Waals surface area contributed by atoms with E-state index in [0.717, 1.165) is 31.0 Å². The summed E-state index contributed by atoms with van der Waals surface area (Å²) in [5.41, 5.74) is 2.35. The molecule has 1 aromatic carbocycles. The Morgan fingerprint density at radius 1 is 1.24 bits per heavy atom. The van der Waals surface area contributed by atoms with Crippen molar-refractivity contribution in [1.82, 2.24) is 0 Å². The molecule has 6 heteroatoms. The number of rotatable bonds is 1. The average molecular weight is 517 g/mol. The molecule has 2 aliphatic rings. The summed E-state index contributed by atoms with van der Waals surface area (Å²) in [4.78, 5) is 22.0. The van der Waals surface area contributed by atoms with Crippen molar-refractivity contribution in [3.05, 3.63) is 35.1 Å². The van der Waals surface area contributed by atoms with Crippen LogP contribution in [0.4, 0.5) is 10.5 Å². The molecule has 0 aromatic heterocycles. The van der Waals surface area contributed by atoms with Crippen LogP contribution in [0.1, 0.15) is 44.6 Å². The van der Waals surface area contributed by atoms with Gasteiger partial charge in [-0.3, -0.25) is 9.59 Å². The Morgan fingerprint density at radius 3 is 2.32 bits per heavy atom. The predicted molar refractivity (Wildman–Crippen MR) is 97.5 cm³/mol. The second kappa shape index (κ2) is 13.9. The second-order valence-electron chi connectivity index (χ2n) is 6.11. The quantitative estimate of drug-likeness (QED) is 0.514. The van der Waals surface area contributed by atoms with Gasteiger partial charge in [0.2, 0.25) is 12.5 Å². The van der Waals surface area contributed by atoms with Crippen LogP contribution in [0, 0.1) is 5.92 Å². The molecular weight excluding hydrogens is 488 g/mol. The SMILES string of the molecule is CC1CCCCC1.C[N-]C(=O)OC.O=CN1CCc2ccccc21.[W]. The van der Waals surface area contributed by atoms with Gasteiger partial charge in [-0.05, 0) is 24.0 Å². The number of hydrogen-bond donors (Lipinski definition) is 0. The van der Waals surface area contributed by atoms with E-state index in [-0.39, 0.29) is 21.1 Å². The fourth-order valence-electron chi connectivity index (χ4n) is 2.87. The molecule has 3 rings (SSSR count). The molecule has 140 valence electrons. The van der Waals surface area contributed by atoms with Crippen molar-refractivity contribution in [3.63, 3.8) is 0 Å². The predicted octanol–water partition coefficient (Wildman–Crippen LogP) is 4.55. The number of nitrogens with zero attached hydrogens (tertiary/aromatic N) is 2. The third kappa shape index (κ3) is 9.06. The Labute approximate surface area is 165 Å². The number of para-hydroxylation sites is 1. The summed E-state index contributed by atoms with van der Waals surface area (Å²) >= 11 is 0. The van der Waals surface area contributed by atoms with Crippen LogP contribution in [0.3, 0.4) is 0 Å². The standard InChI is InChI=1S/C9H9NO.C7H14.C3H7NO2.W/c11-7-10-6-5-8-3-1-2-4-9(8)10;1-7-5-3-2-4-6-7;1-4-3(5)6-2;/h1-4,7H,5-6H2;7H,2-6H2,1H3;1-2H3,(H,4,5);/p-1. The van der Waals surface area contributed by atoms with Crippen LogP contribution in [-0.4, -0.2) is 33.2 Å². The number of carbonyl (C=O) groups is 2. The van der Waals surface area contributed by atoms with Gasteiger partial charge in [0.15, 0.2) is 0 Å². The number of benzene rings is 1. The molecule has 5 nitrogen and oxygen atoms in total. The molecule has 0 N–H and O–H groups in total. The van der Waals surface area contributed by atoms with Gasteiger partial charge in [-0.1, -0.05) is 57.2 Å². The summed E-state index contributed by atoms with van der Waals surface area (Å²) in [5, 5.41) is 3.15. The number of anilines is 1. The Bertz CT molecular complexity index is 499. The molecule has 1 heterocycles. The van der Waals surface area contributed by atoms with Crippen LogP contribution in [0.5, 0.6) is 0 Å². The Hall–Kier alpha value is -1.35. The second-order valence-corrected chi connectivity index (χ2v) is 6.11. The Morgan fingerprint density at radius 2 is 1.88 bits per heavy atom. The van der Waals surface area contributed by atoms with Gasteiger partial charge in [0.05, 0.1) is 7.11 Å². The summed E-state index contributed by atoms with van der Waals surface area (Å²) in [5.74, 6) is 1.04. The molecule has 0 bridgehead atoms. The molecule has 1 saturated carbocycles. The van der Waals surface area contributed by atoms with E-state index < -0.39 is 6.09 Å². The van der Waals surface area contributed by atoms with Crippen LogP contribution in [0.25, 0.3) is 5.32 Å². The summed E-state index contributed by atoms with van der Waals surface area (Å²) in [6.07, 6.45) is 8.79. The van der Waals surface area contributed by atoms with Gasteiger partial charge in [0.25, 0.3) is 0 Å². The number of amides is 2. The summed E-state index contributed by atoms with van der Waals surface area (Å²) < 4.78 is 4.09. The largest absolute Gasteiger partial charge is 0.620 e. The molecule has 0 radical (unpaired) electrons. The Kier molecular flexibility index (Phi) is 13.1. The van der Waals surface area contributed by atoms with E-state index in [1.165, 1.54) is 51.8 Å². The minimum absolute atomic E-state index is 0. The van der Waals surface area contributed by atoms with Crippen LogP contribution >= 0.6 is 0 Å². The molecule has 0 unspecified atom stereocenters. The maximum absolute atomic E-state index is 10.5. The van der Waals surface area contributed by atoms with Gasteiger partial charge in [0, 0.05) is 33.3 Å². The van der Waals surface area contributed by atoms with Gasteiger partial charge in [0.1, 0.15) is 0 Å². The fourth-order valence-corrected chi connectivity index (χ4v) is 2.87. The minimum Gasteiger partial charge on any atom is -0.620 e. The van der Waals surface area contributed by atoms with Crippen LogP contribution < -0.4 is 4.90 Å². The van der Waals surface area contributed by atoms with Gasteiger partial charge < -0.3 is 15.0 Å². The molecular formula is C19H29N2O3W-. The van der Waals surface area contributed by atoms with E-state index in [0.29, 0.717) is 0 Å². The molecule has 0 spiro atoms. The van der Waals surface area contributed by atoms with Crippen molar-refractivity contribution in [3.8, 4) is 0 Å². The zero-order chi connectivity index (χ0) is 17.8. The van der Waals surface area contributed by atoms with Crippen molar-refractivity contribution in [2.24, 2.45) is 5.92 Å². The van der Waals surface area contributed by atoms with Crippen LogP contribution in [-0.2, 0) is 37.0 Å². The summed E-state index contributed by atoms with van der Waals surface area (Å²) in [6.45, 7) is 3.20. The first-order valence-corrected chi connectivity index (χ1v) is 8.60. The number of ether oxygens (including phenoxy) is 1. The van der Waals surface area contributed by atoms with Gasteiger partial charge in [-0.15, -0.1) is 7.05 Å². The van der Waals surface area contributed by atoms with Crippen molar-refractivity contribution < 1.29 is 35.4 Å². The third-order valence-corrected chi connectivity index (χ3v) is 4.30. The smallest absolute Gasteiger partial charge is 0.228 e. The van der Waals surface area contributed by atoms with Gasteiger partial charge in [-0.25, -0.2) is 0 Å².